The Balaban J connectivity index is 0.931. The Morgan fingerprint density at radius 1 is 0.254 bits per heavy atom. The van der Waals surface area contributed by atoms with E-state index in [-0.39, 0.29) is 0 Å². The highest BCUT2D eigenvalue weighted by atomic mass is 15.0. The zero-order valence-electron chi connectivity index (χ0n) is 36.5. The Labute approximate surface area is 388 Å². The molecular formula is C64H41N3. The summed E-state index contributed by atoms with van der Waals surface area (Å²) in [6, 6.07) is 89.4. The van der Waals surface area contributed by atoms with Gasteiger partial charge >= 0.3 is 0 Å². The minimum atomic E-state index is 0.681. The minimum absolute atomic E-state index is 0.681. The molecule has 13 aromatic rings. The van der Waals surface area contributed by atoms with Gasteiger partial charge in [0.25, 0.3) is 0 Å². The SMILES string of the molecule is c1ccc(-c2ccc(-c3cc(-c4cccc(-c5ccc6c(c5)c5ccccc5n6-c5ccccc5)c4)nc(-c4ccc(-c5c6ccccc6cc6c5ccc5ccccc56)cc4)n3)cc2)cc1. The summed E-state index contributed by atoms with van der Waals surface area (Å²) >= 11 is 0. The molecule has 0 fully saturated rings. The zero-order valence-corrected chi connectivity index (χ0v) is 36.5. The second kappa shape index (κ2) is 16.0. The molecule has 0 atom stereocenters. The third-order valence-corrected chi connectivity index (χ3v) is 13.4. The molecule has 13 rings (SSSR count). The molecule has 0 N–H and O–H groups in total. The van der Waals surface area contributed by atoms with Crippen molar-refractivity contribution < 1.29 is 0 Å². The van der Waals surface area contributed by atoms with Gasteiger partial charge in [0.05, 0.1) is 22.4 Å². The molecule has 2 aromatic heterocycles. The van der Waals surface area contributed by atoms with Crippen molar-refractivity contribution in [3.8, 4) is 73.0 Å². The molecule has 0 aliphatic carbocycles. The van der Waals surface area contributed by atoms with Crippen molar-refractivity contribution in [3.63, 3.8) is 0 Å². The normalized spacial score (nSPS) is 11.6. The minimum Gasteiger partial charge on any atom is -0.309 e. The molecule has 0 radical (unpaired) electrons. The van der Waals surface area contributed by atoms with E-state index >= 15 is 0 Å². The van der Waals surface area contributed by atoms with Crippen molar-refractivity contribution in [1.82, 2.24) is 14.5 Å². The fraction of sp³-hybridized carbons (Fsp3) is 0. The van der Waals surface area contributed by atoms with Crippen LogP contribution in [-0.2, 0) is 0 Å². The monoisotopic (exact) mass is 851 g/mol. The first-order chi connectivity index (χ1) is 33.2. The van der Waals surface area contributed by atoms with E-state index in [1.165, 1.54) is 70.8 Å². The van der Waals surface area contributed by atoms with Crippen LogP contribution in [0.3, 0.4) is 0 Å². The van der Waals surface area contributed by atoms with Gasteiger partial charge in [-0.05, 0) is 114 Å². The highest BCUT2D eigenvalue weighted by Crippen LogP contribution is 2.41. The van der Waals surface area contributed by atoms with Crippen LogP contribution in [0.2, 0.25) is 0 Å². The Hall–Kier alpha value is -8.92. The molecule has 0 saturated heterocycles. The summed E-state index contributed by atoms with van der Waals surface area (Å²) in [7, 11) is 0. The number of benzene rings is 11. The zero-order chi connectivity index (χ0) is 44.3. The van der Waals surface area contributed by atoms with Gasteiger partial charge in [-0.15, -0.1) is 0 Å². The molecule has 0 spiro atoms. The number of fused-ring (bicyclic) bond motifs is 7. The van der Waals surface area contributed by atoms with Crippen molar-refractivity contribution in [2.24, 2.45) is 0 Å². The van der Waals surface area contributed by atoms with Crippen molar-refractivity contribution in [1.29, 1.82) is 0 Å². The summed E-state index contributed by atoms with van der Waals surface area (Å²) in [5.41, 5.74) is 15.3. The average molecular weight is 852 g/mol. The fourth-order valence-electron chi connectivity index (χ4n) is 10.1. The number of hydrogen-bond donors (Lipinski definition) is 0. The maximum atomic E-state index is 5.35. The van der Waals surface area contributed by atoms with Crippen molar-refractivity contribution in [3.05, 3.63) is 249 Å². The molecular weight excluding hydrogens is 811 g/mol. The number of nitrogens with zero attached hydrogens (tertiary/aromatic N) is 3. The average Bonchev–Trinajstić information content (AvgIpc) is 3.74. The van der Waals surface area contributed by atoms with E-state index in [1.807, 2.05) is 0 Å². The van der Waals surface area contributed by atoms with Gasteiger partial charge in [0.1, 0.15) is 0 Å². The van der Waals surface area contributed by atoms with Gasteiger partial charge in [0, 0.05) is 33.2 Å². The molecule has 312 valence electrons. The molecule has 2 heterocycles. The van der Waals surface area contributed by atoms with E-state index in [4.69, 9.17) is 9.97 Å². The number of hydrogen-bond acceptors (Lipinski definition) is 2. The molecule has 3 heteroatoms. The molecule has 0 unspecified atom stereocenters. The lowest BCUT2D eigenvalue weighted by atomic mass is 9.89. The third kappa shape index (κ3) is 6.76. The third-order valence-electron chi connectivity index (χ3n) is 13.4. The van der Waals surface area contributed by atoms with E-state index < -0.39 is 0 Å². The summed E-state index contributed by atoms with van der Waals surface area (Å²) in [6.45, 7) is 0. The van der Waals surface area contributed by atoms with Gasteiger partial charge in [0.2, 0.25) is 0 Å². The first kappa shape index (κ1) is 38.5. The number of rotatable bonds is 7. The summed E-state index contributed by atoms with van der Waals surface area (Å²) < 4.78 is 2.36. The predicted molar refractivity (Wildman–Crippen MR) is 282 cm³/mol. The first-order valence-electron chi connectivity index (χ1n) is 22.9. The number of para-hydroxylation sites is 2. The van der Waals surface area contributed by atoms with Gasteiger partial charge < -0.3 is 4.57 Å². The van der Waals surface area contributed by atoms with Crippen LogP contribution in [0.1, 0.15) is 0 Å². The van der Waals surface area contributed by atoms with E-state index in [9.17, 15) is 0 Å². The van der Waals surface area contributed by atoms with Crippen LogP contribution in [0.4, 0.5) is 0 Å². The van der Waals surface area contributed by atoms with Crippen molar-refractivity contribution >= 4 is 54.1 Å². The molecule has 0 bridgehead atoms. The molecule has 3 nitrogen and oxygen atoms in total. The molecule has 67 heavy (non-hydrogen) atoms. The van der Waals surface area contributed by atoms with Gasteiger partial charge in [-0.2, -0.15) is 0 Å². The van der Waals surface area contributed by atoms with Crippen LogP contribution in [0.25, 0.3) is 127 Å². The Morgan fingerprint density at radius 2 is 0.806 bits per heavy atom. The van der Waals surface area contributed by atoms with E-state index in [2.05, 4.69) is 253 Å². The van der Waals surface area contributed by atoms with Crippen LogP contribution in [0, 0.1) is 0 Å². The largest absolute Gasteiger partial charge is 0.309 e. The van der Waals surface area contributed by atoms with Gasteiger partial charge in [-0.1, -0.05) is 200 Å². The summed E-state index contributed by atoms with van der Waals surface area (Å²) in [5, 5.41) is 9.92. The van der Waals surface area contributed by atoms with E-state index in [0.717, 1.165) is 50.5 Å². The summed E-state index contributed by atoms with van der Waals surface area (Å²) in [5.74, 6) is 0.681. The highest BCUT2D eigenvalue weighted by Gasteiger charge is 2.17. The number of aromatic nitrogens is 3. The Morgan fingerprint density at radius 3 is 1.61 bits per heavy atom. The van der Waals surface area contributed by atoms with Crippen LogP contribution in [0.5, 0.6) is 0 Å². The maximum Gasteiger partial charge on any atom is 0.160 e. The molecule has 0 aliphatic heterocycles. The van der Waals surface area contributed by atoms with E-state index in [0.29, 0.717) is 5.82 Å². The first-order valence-corrected chi connectivity index (χ1v) is 22.9. The van der Waals surface area contributed by atoms with Crippen molar-refractivity contribution in [2.45, 2.75) is 0 Å². The molecule has 0 amide bonds. The lowest BCUT2D eigenvalue weighted by Crippen LogP contribution is -1.96. The molecule has 0 aliphatic rings. The second-order valence-electron chi connectivity index (χ2n) is 17.3. The predicted octanol–water partition coefficient (Wildman–Crippen LogP) is 17.0. The summed E-state index contributed by atoms with van der Waals surface area (Å²) in [4.78, 5) is 10.6. The lowest BCUT2D eigenvalue weighted by Gasteiger charge is -2.15. The van der Waals surface area contributed by atoms with Crippen LogP contribution < -0.4 is 0 Å². The lowest BCUT2D eigenvalue weighted by molar-refractivity contribution is 1.18. The smallest absolute Gasteiger partial charge is 0.160 e. The molecule has 11 aromatic carbocycles. The Kier molecular flexibility index (Phi) is 9.17. The van der Waals surface area contributed by atoms with Gasteiger partial charge in [-0.25, -0.2) is 9.97 Å². The van der Waals surface area contributed by atoms with Gasteiger partial charge in [-0.3, -0.25) is 0 Å². The quantitative estimate of drug-likeness (QED) is 0.118. The summed E-state index contributed by atoms with van der Waals surface area (Å²) in [6.07, 6.45) is 0. The Bertz CT molecular complexity index is 4000. The highest BCUT2D eigenvalue weighted by molar-refractivity contribution is 6.20. The van der Waals surface area contributed by atoms with Crippen LogP contribution >= 0.6 is 0 Å². The topological polar surface area (TPSA) is 30.7 Å². The second-order valence-corrected chi connectivity index (χ2v) is 17.3. The standard InChI is InChI=1S/C64H41N3/c1-3-14-42(15-4-1)43-26-28-45(29-27-43)59-41-60(51-19-13-18-48(38-51)49-35-37-62-58(39-49)55-24-11-12-25-61(55)67(62)52-20-5-2-6-21-52)66-64(65-59)47-32-30-46(31-33-47)63-54-23-10-8-17-50(54)40-57-53-22-9-7-16-44(53)34-36-56(57)63/h1-41H. The van der Waals surface area contributed by atoms with E-state index in [1.54, 1.807) is 0 Å². The van der Waals surface area contributed by atoms with Crippen molar-refractivity contribution in [2.75, 3.05) is 0 Å². The van der Waals surface area contributed by atoms with Crippen LogP contribution in [0.15, 0.2) is 249 Å². The fourth-order valence-corrected chi connectivity index (χ4v) is 10.1. The maximum absolute atomic E-state index is 5.35. The molecule has 0 saturated carbocycles. The van der Waals surface area contributed by atoms with Gasteiger partial charge in [0.15, 0.2) is 5.82 Å². The van der Waals surface area contributed by atoms with Crippen LogP contribution in [-0.4, -0.2) is 14.5 Å².